The van der Waals surface area contributed by atoms with Crippen LogP contribution < -0.4 is 9.62 Å². The number of carbonyl (C=O) groups is 2. The molecule has 180 valence electrons. The van der Waals surface area contributed by atoms with Crippen molar-refractivity contribution in [1.82, 2.24) is 9.71 Å². The van der Waals surface area contributed by atoms with Crippen LogP contribution in [0.2, 0.25) is 0 Å². The van der Waals surface area contributed by atoms with Gasteiger partial charge in [0.1, 0.15) is 17.7 Å². The normalized spacial score (nSPS) is 14.4. The predicted octanol–water partition coefficient (Wildman–Crippen LogP) is 2.44. The van der Waals surface area contributed by atoms with E-state index in [1.54, 1.807) is 13.8 Å². The molecule has 2 heterocycles. The Morgan fingerprint density at radius 2 is 2.00 bits per heavy atom. The van der Waals surface area contributed by atoms with Gasteiger partial charge in [-0.3, -0.25) is 9.52 Å². The molecule has 0 atom stereocenters. The van der Waals surface area contributed by atoms with Gasteiger partial charge in [0, 0.05) is 19.0 Å². The summed E-state index contributed by atoms with van der Waals surface area (Å²) in [5.41, 5.74) is 1.11. The number of ether oxygens (including phenoxy) is 1. The summed E-state index contributed by atoms with van der Waals surface area (Å²) in [6, 6.07) is 8.70. The van der Waals surface area contributed by atoms with Crippen LogP contribution in [-0.2, 0) is 25.3 Å². The lowest BCUT2D eigenvalue weighted by Crippen LogP contribution is -2.43. The number of pyridine rings is 1. The number of nitriles is 1. The molecule has 0 aliphatic carbocycles. The first kappa shape index (κ1) is 25.1. The van der Waals surface area contributed by atoms with E-state index in [0.717, 1.165) is 6.07 Å². The molecule has 1 aliphatic heterocycles. The highest BCUT2D eigenvalue weighted by atomic mass is 32.2. The molecule has 1 aromatic carbocycles. The fraction of sp³-hybridized carbons (Fsp3) is 0.391. The summed E-state index contributed by atoms with van der Waals surface area (Å²) < 4.78 is 45.1. The number of halogens is 1. The van der Waals surface area contributed by atoms with Crippen LogP contribution in [0, 0.1) is 30.0 Å². The van der Waals surface area contributed by atoms with E-state index in [1.165, 1.54) is 24.3 Å². The molecular weight excluding hydrogens is 463 g/mol. The van der Waals surface area contributed by atoms with Crippen molar-refractivity contribution in [3.63, 3.8) is 0 Å². The molecule has 9 nitrogen and oxygen atoms in total. The van der Waals surface area contributed by atoms with Crippen LogP contribution in [0.3, 0.4) is 0 Å². The van der Waals surface area contributed by atoms with Crippen LogP contribution >= 0.6 is 0 Å². The second-order valence-electron chi connectivity index (χ2n) is 7.94. The van der Waals surface area contributed by atoms with Crippen molar-refractivity contribution in [2.45, 2.75) is 32.4 Å². The SMILES string of the molecule is CCOC(=O)c1cc(C#N)c(N2CCC(C(=O)NS(=O)(=O)Cc3cccc(F)c3)CC2)nc1C. The van der Waals surface area contributed by atoms with E-state index < -0.39 is 39.4 Å². The zero-order valence-electron chi connectivity index (χ0n) is 18.9. The highest BCUT2D eigenvalue weighted by Gasteiger charge is 2.30. The van der Waals surface area contributed by atoms with Crippen molar-refractivity contribution < 1.29 is 27.1 Å². The molecule has 1 fully saturated rings. The van der Waals surface area contributed by atoms with Crippen molar-refractivity contribution in [2.75, 3.05) is 24.6 Å². The number of benzene rings is 1. The summed E-state index contributed by atoms with van der Waals surface area (Å²) in [6.45, 7) is 4.30. The van der Waals surface area contributed by atoms with E-state index >= 15 is 0 Å². The quantitative estimate of drug-likeness (QED) is 0.589. The fourth-order valence-corrected chi connectivity index (χ4v) is 4.97. The molecule has 2 aromatic rings. The van der Waals surface area contributed by atoms with Crippen molar-refractivity contribution in [3.05, 3.63) is 58.5 Å². The summed E-state index contributed by atoms with van der Waals surface area (Å²) in [5, 5.41) is 9.56. The summed E-state index contributed by atoms with van der Waals surface area (Å²) in [7, 11) is -3.98. The Bertz CT molecular complexity index is 1230. The molecule has 1 amide bonds. The van der Waals surface area contributed by atoms with Crippen LogP contribution in [-0.4, -0.2) is 45.0 Å². The average molecular weight is 489 g/mol. The number of aromatic nitrogens is 1. The largest absolute Gasteiger partial charge is 0.462 e. The zero-order chi connectivity index (χ0) is 24.9. The molecule has 11 heteroatoms. The van der Waals surface area contributed by atoms with E-state index in [-0.39, 0.29) is 23.3 Å². The summed E-state index contributed by atoms with van der Waals surface area (Å²) in [6.07, 6.45) is 0.707. The van der Waals surface area contributed by atoms with Crippen molar-refractivity contribution >= 4 is 27.7 Å². The van der Waals surface area contributed by atoms with Gasteiger partial charge in [-0.2, -0.15) is 5.26 Å². The molecule has 0 bridgehead atoms. The maximum absolute atomic E-state index is 13.3. The summed E-state index contributed by atoms with van der Waals surface area (Å²) >= 11 is 0. The average Bonchev–Trinajstić information content (AvgIpc) is 2.78. The topological polar surface area (TPSA) is 129 Å². The number of amides is 1. The number of nitrogens with one attached hydrogen (secondary N) is 1. The Balaban J connectivity index is 1.64. The van der Waals surface area contributed by atoms with Crippen LogP contribution in [0.4, 0.5) is 10.2 Å². The van der Waals surface area contributed by atoms with E-state index in [1.807, 2.05) is 4.90 Å². The minimum absolute atomic E-state index is 0.204. The van der Waals surface area contributed by atoms with Crippen molar-refractivity contribution in [2.24, 2.45) is 5.92 Å². The van der Waals surface area contributed by atoms with Gasteiger partial charge >= 0.3 is 5.97 Å². The second kappa shape index (κ2) is 10.6. The number of esters is 1. The number of rotatable bonds is 7. The maximum atomic E-state index is 13.3. The third kappa shape index (κ3) is 6.08. The number of hydrogen-bond donors (Lipinski definition) is 1. The van der Waals surface area contributed by atoms with Crippen LogP contribution in [0.15, 0.2) is 30.3 Å². The Labute approximate surface area is 197 Å². The van der Waals surface area contributed by atoms with Crippen molar-refractivity contribution in [3.8, 4) is 6.07 Å². The van der Waals surface area contributed by atoms with Gasteiger partial charge in [-0.25, -0.2) is 22.6 Å². The van der Waals surface area contributed by atoms with E-state index in [2.05, 4.69) is 15.8 Å². The van der Waals surface area contributed by atoms with Gasteiger partial charge in [-0.05, 0) is 50.5 Å². The Kier molecular flexibility index (Phi) is 7.83. The second-order valence-corrected chi connectivity index (χ2v) is 9.66. The van der Waals surface area contributed by atoms with Crippen molar-refractivity contribution in [1.29, 1.82) is 5.26 Å². The Hall–Kier alpha value is -3.52. The number of sulfonamides is 1. The number of hydrogen-bond acceptors (Lipinski definition) is 8. The lowest BCUT2D eigenvalue weighted by Gasteiger charge is -2.32. The Morgan fingerprint density at radius 3 is 2.62 bits per heavy atom. The summed E-state index contributed by atoms with van der Waals surface area (Å²) in [5.74, 6) is -2.35. The lowest BCUT2D eigenvalue weighted by atomic mass is 9.96. The molecule has 1 aromatic heterocycles. The molecule has 3 rings (SSSR count). The van der Waals surface area contributed by atoms with Gasteiger partial charge in [0.2, 0.25) is 15.9 Å². The lowest BCUT2D eigenvalue weighted by molar-refractivity contribution is -0.123. The highest BCUT2D eigenvalue weighted by molar-refractivity contribution is 7.89. The fourth-order valence-electron chi connectivity index (χ4n) is 3.80. The molecule has 1 N–H and O–H groups in total. The number of nitrogens with zero attached hydrogens (tertiary/aromatic N) is 3. The number of carbonyl (C=O) groups excluding carboxylic acids is 2. The number of aryl methyl sites for hydroxylation is 1. The molecule has 0 radical (unpaired) electrons. The van der Waals surface area contributed by atoms with E-state index in [9.17, 15) is 27.7 Å². The highest BCUT2D eigenvalue weighted by Crippen LogP contribution is 2.27. The minimum atomic E-state index is -3.98. The Morgan fingerprint density at radius 1 is 1.29 bits per heavy atom. The monoisotopic (exact) mass is 488 g/mol. The van der Waals surface area contributed by atoms with Crippen LogP contribution in [0.25, 0.3) is 0 Å². The first-order chi connectivity index (χ1) is 16.1. The third-order valence-electron chi connectivity index (χ3n) is 5.48. The van der Waals surface area contributed by atoms with Crippen LogP contribution in [0.5, 0.6) is 0 Å². The maximum Gasteiger partial charge on any atom is 0.340 e. The van der Waals surface area contributed by atoms with Crippen LogP contribution in [0.1, 0.15) is 46.9 Å². The van der Waals surface area contributed by atoms with Gasteiger partial charge in [0.25, 0.3) is 0 Å². The standard InChI is InChI=1S/C23H25FN4O5S/c1-3-33-23(30)20-12-18(13-25)21(26-15(20)2)28-9-7-17(8-10-28)22(29)27-34(31,32)14-16-5-4-6-19(24)11-16/h4-6,11-12,17H,3,7-10,14H2,1-2H3,(H,27,29). The molecular formula is C23H25FN4O5S. The minimum Gasteiger partial charge on any atom is -0.462 e. The molecule has 0 unspecified atom stereocenters. The molecule has 0 spiro atoms. The predicted molar refractivity (Wildman–Crippen MR) is 122 cm³/mol. The first-order valence-electron chi connectivity index (χ1n) is 10.8. The molecule has 1 saturated heterocycles. The van der Waals surface area contributed by atoms with Gasteiger partial charge in [0.15, 0.2) is 0 Å². The number of piperidine rings is 1. The summed E-state index contributed by atoms with van der Waals surface area (Å²) in [4.78, 5) is 30.9. The smallest absolute Gasteiger partial charge is 0.340 e. The van der Waals surface area contributed by atoms with Gasteiger partial charge in [-0.15, -0.1) is 0 Å². The first-order valence-corrected chi connectivity index (χ1v) is 12.4. The molecule has 34 heavy (non-hydrogen) atoms. The van der Waals surface area contributed by atoms with Gasteiger partial charge in [0.05, 0.1) is 29.2 Å². The number of anilines is 1. The van der Waals surface area contributed by atoms with E-state index in [0.29, 0.717) is 37.4 Å². The molecule has 1 aliphatic rings. The van der Waals surface area contributed by atoms with Gasteiger partial charge in [-0.1, -0.05) is 12.1 Å². The zero-order valence-corrected chi connectivity index (χ0v) is 19.7. The third-order valence-corrected chi connectivity index (χ3v) is 6.70. The molecule has 0 saturated carbocycles. The van der Waals surface area contributed by atoms with Gasteiger partial charge < -0.3 is 9.64 Å². The van der Waals surface area contributed by atoms with E-state index in [4.69, 9.17) is 4.74 Å².